The van der Waals surface area contributed by atoms with Gasteiger partial charge in [-0.2, -0.15) is 4.89 Å². The van der Waals surface area contributed by atoms with Gasteiger partial charge in [0.2, 0.25) is 0 Å². The Morgan fingerprint density at radius 2 is 1.59 bits per heavy atom. The van der Waals surface area contributed by atoms with Crippen LogP contribution in [0.4, 0.5) is 0 Å². The van der Waals surface area contributed by atoms with E-state index in [0.717, 1.165) is 32.1 Å². The molecule has 130 valence electrons. The molecule has 7 nitrogen and oxygen atoms in total. The first-order valence-corrected chi connectivity index (χ1v) is 8.46. The van der Waals surface area contributed by atoms with Crippen molar-refractivity contribution in [3.05, 3.63) is 10.1 Å². The Balaban J connectivity index is 1.93. The summed E-state index contributed by atoms with van der Waals surface area (Å²) in [5.74, 6) is 0.827. The van der Waals surface area contributed by atoms with Crippen LogP contribution in [0, 0.1) is 16.0 Å². The summed E-state index contributed by atoms with van der Waals surface area (Å²) in [5, 5.41) is 9.00. The van der Waals surface area contributed by atoms with Crippen molar-refractivity contribution >= 4 is 0 Å². The van der Waals surface area contributed by atoms with Crippen molar-refractivity contribution in [3.8, 4) is 0 Å². The number of nitrogens with zero attached hydrogens (tertiary/aromatic N) is 3. The third-order valence-corrected chi connectivity index (χ3v) is 4.08. The summed E-state index contributed by atoms with van der Waals surface area (Å²) in [4.78, 5) is 23.0. The van der Waals surface area contributed by atoms with Crippen molar-refractivity contribution in [2.24, 2.45) is 5.92 Å². The predicted octanol–water partition coefficient (Wildman–Crippen LogP) is 2.35. The van der Waals surface area contributed by atoms with Crippen molar-refractivity contribution < 1.29 is 15.0 Å². The van der Waals surface area contributed by atoms with E-state index in [1.54, 1.807) is 0 Å². The maximum atomic E-state index is 9.93. The highest BCUT2D eigenvalue weighted by atomic mass is 17.3. The van der Waals surface area contributed by atoms with Gasteiger partial charge < -0.3 is 4.90 Å². The topological polar surface area (TPSA) is 68.1 Å². The van der Waals surface area contributed by atoms with Crippen LogP contribution in [0.5, 0.6) is 0 Å². The molecule has 1 saturated heterocycles. The molecule has 0 spiro atoms. The highest BCUT2D eigenvalue weighted by Crippen LogP contribution is 2.10. The molecular weight excluding hydrogens is 286 g/mol. The van der Waals surface area contributed by atoms with Crippen LogP contribution >= 0.6 is 0 Å². The Bertz CT molecular complexity index is 295. The van der Waals surface area contributed by atoms with Gasteiger partial charge in [0.1, 0.15) is 0 Å². The minimum atomic E-state index is -0.931. The van der Waals surface area contributed by atoms with E-state index in [4.69, 9.17) is 0 Å². The third kappa shape index (κ3) is 9.92. The molecule has 7 heteroatoms. The lowest BCUT2D eigenvalue weighted by atomic mass is 10.0. The summed E-state index contributed by atoms with van der Waals surface area (Å²) in [6.45, 7) is 10.8. The molecule has 22 heavy (non-hydrogen) atoms. The van der Waals surface area contributed by atoms with Gasteiger partial charge in [-0.15, -0.1) is 15.1 Å². The fraction of sp³-hybridized carbons (Fsp3) is 1.00. The van der Waals surface area contributed by atoms with Gasteiger partial charge >= 0.3 is 5.09 Å². The first kappa shape index (κ1) is 19.1. The highest BCUT2D eigenvalue weighted by Gasteiger charge is 2.16. The molecule has 0 bridgehead atoms. The van der Waals surface area contributed by atoms with E-state index in [9.17, 15) is 10.1 Å². The first-order valence-electron chi connectivity index (χ1n) is 8.46. The summed E-state index contributed by atoms with van der Waals surface area (Å²) < 4.78 is 0. The summed E-state index contributed by atoms with van der Waals surface area (Å²) >= 11 is 0. The average molecular weight is 317 g/mol. The molecule has 0 aromatic rings. The molecule has 1 fully saturated rings. The summed E-state index contributed by atoms with van der Waals surface area (Å²) in [6.07, 6.45) is 6.68. The van der Waals surface area contributed by atoms with Gasteiger partial charge in [0.05, 0.1) is 6.61 Å². The van der Waals surface area contributed by atoms with Gasteiger partial charge in [0.15, 0.2) is 0 Å². The Morgan fingerprint density at radius 3 is 2.18 bits per heavy atom. The maximum absolute atomic E-state index is 9.93. The van der Waals surface area contributed by atoms with Crippen LogP contribution in [0.3, 0.4) is 0 Å². The van der Waals surface area contributed by atoms with Crippen LogP contribution in [0.2, 0.25) is 0 Å². The number of rotatable bonds is 12. The molecule has 1 rings (SSSR count). The molecule has 0 radical (unpaired) electrons. The quantitative estimate of drug-likeness (QED) is 0.238. The Kier molecular flexibility index (Phi) is 10.1. The molecule has 0 unspecified atom stereocenters. The molecule has 1 aliphatic heterocycles. The average Bonchev–Trinajstić information content (AvgIpc) is 2.48. The van der Waals surface area contributed by atoms with E-state index in [2.05, 4.69) is 33.5 Å². The standard InChI is InChI=1S/C15H31N3O4/c1-15(2)7-5-3-4-6-8-16-9-11-17(12-10-16)13-14-21-22-18(19)20/h15H,3-14H2,1-2H3. The summed E-state index contributed by atoms with van der Waals surface area (Å²) in [6, 6.07) is 0. The van der Waals surface area contributed by atoms with E-state index < -0.39 is 5.09 Å². The van der Waals surface area contributed by atoms with Gasteiger partial charge in [-0.3, -0.25) is 4.90 Å². The lowest BCUT2D eigenvalue weighted by Gasteiger charge is -2.34. The van der Waals surface area contributed by atoms with Crippen molar-refractivity contribution in [2.75, 3.05) is 45.9 Å². The molecular formula is C15H31N3O4. The van der Waals surface area contributed by atoms with Gasteiger partial charge in [0.25, 0.3) is 0 Å². The Labute approximate surface area is 133 Å². The Hall–Kier alpha value is -0.920. The van der Waals surface area contributed by atoms with Gasteiger partial charge in [-0.25, -0.2) is 0 Å². The number of unbranched alkanes of at least 4 members (excludes halogenated alkanes) is 3. The monoisotopic (exact) mass is 317 g/mol. The van der Waals surface area contributed by atoms with Gasteiger partial charge in [0, 0.05) is 32.7 Å². The van der Waals surface area contributed by atoms with E-state index in [0.29, 0.717) is 6.54 Å². The normalized spacial score (nSPS) is 17.0. The van der Waals surface area contributed by atoms with Gasteiger partial charge in [-0.1, -0.05) is 39.5 Å². The van der Waals surface area contributed by atoms with E-state index in [1.807, 2.05) is 0 Å². The van der Waals surface area contributed by atoms with Gasteiger partial charge in [-0.05, 0) is 18.9 Å². The minimum Gasteiger partial charge on any atom is -0.301 e. The smallest absolute Gasteiger partial charge is 0.301 e. The second-order valence-electron chi connectivity index (χ2n) is 6.40. The SMILES string of the molecule is CC(C)CCCCCCN1CCN(CCOO[N+](=O)[O-])CC1. The van der Waals surface area contributed by atoms with Crippen LogP contribution in [0.1, 0.15) is 46.0 Å². The zero-order valence-corrected chi connectivity index (χ0v) is 14.0. The van der Waals surface area contributed by atoms with Crippen LogP contribution in [0.25, 0.3) is 0 Å². The molecule has 0 aromatic carbocycles. The fourth-order valence-electron chi connectivity index (χ4n) is 2.72. The third-order valence-electron chi connectivity index (χ3n) is 4.08. The van der Waals surface area contributed by atoms with E-state index in [-0.39, 0.29) is 6.61 Å². The Morgan fingerprint density at radius 1 is 1.00 bits per heavy atom. The minimum absolute atomic E-state index is 0.233. The van der Waals surface area contributed by atoms with Crippen LogP contribution < -0.4 is 0 Å². The largest absolute Gasteiger partial charge is 0.322 e. The number of piperazine rings is 1. The summed E-state index contributed by atoms with van der Waals surface area (Å²) in [5.41, 5.74) is 0. The van der Waals surface area contributed by atoms with Crippen LogP contribution in [-0.2, 0) is 9.88 Å². The second-order valence-corrected chi connectivity index (χ2v) is 6.40. The predicted molar refractivity (Wildman–Crippen MR) is 84.8 cm³/mol. The molecule has 1 heterocycles. The first-order chi connectivity index (χ1) is 10.6. The van der Waals surface area contributed by atoms with Crippen LogP contribution in [-0.4, -0.2) is 60.8 Å². The van der Waals surface area contributed by atoms with Crippen LogP contribution in [0.15, 0.2) is 0 Å². The zero-order chi connectivity index (χ0) is 16.2. The fourth-order valence-corrected chi connectivity index (χ4v) is 2.72. The summed E-state index contributed by atoms with van der Waals surface area (Å²) in [7, 11) is 0. The molecule has 1 aliphatic rings. The molecule has 0 amide bonds. The molecule has 0 aliphatic carbocycles. The van der Waals surface area contributed by atoms with E-state index >= 15 is 0 Å². The van der Waals surface area contributed by atoms with E-state index in [1.165, 1.54) is 38.6 Å². The number of hydrogen-bond donors (Lipinski definition) is 0. The molecule has 0 N–H and O–H groups in total. The van der Waals surface area contributed by atoms with Crippen molar-refractivity contribution in [1.82, 2.24) is 9.80 Å². The second kappa shape index (κ2) is 11.6. The number of hydrogen-bond acceptors (Lipinski definition) is 6. The van der Waals surface area contributed by atoms with Crippen molar-refractivity contribution in [1.29, 1.82) is 0 Å². The van der Waals surface area contributed by atoms with Crippen molar-refractivity contribution in [3.63, 3.8) is 0 Å². The lowest BCUT2D eigenvalue weighted by Crippen LogP contribution is -2.47. The molecule has 0 saturated carbocycles. The maximum Gasteiger partial charge on any atom is 0.322 e. The molecule has 0 aromatic heterocycles. The van der Waals surface area contributed by atoms with Crippen molar-refractivity contribution in [2.45, 2.75) is 46.0 Å². The molecule has 0 atom stereocenters. The zero-order valence-electron chi connectivity index (χ0n) is 14.0. The lowest BCUT2D eigenvalue weighted by molar-refractivity contribution is -0.850. The highest BCUT2D eigenvalue weighted by molar-refractivity contribution is 4.71.